The summed E-state index contributed by atoms with van der Waals surface area (Å²) < 4.78 is 2.28. The Bertz CT molecular complexity index is 3790. The van der Waals surface area contributed by atoms with Crippen molar-refractivity contribution in [1.82, 2.24) is 14.5 Å². The second kappa shape index (κ2) is 19.8. The molecule has 0 amide bonds. The summed E-state index contributed by atoms with van der Waals surface area (Å²) in [6.07, 6.45) is 7.66. The van der Waals surface area contributed by atoms with Crippen LogP contribution in [-0.4, -0.2) is 19.6 Å². The van der Waals surface area contributed by atoms with Gasteiger partial charge >= 0.3 is 0 Å². The first-order valence-corrected chi connectivity index (χ1v) is 27.3. The van der Waals surface area contributed by atoms with Crippen molar-refractivity contribution >= 4 is 27.4 Å². The average Bonchev–Trinajstić information content (AvgIpc) is 4.00. The molecule has 4 heteroatoms. The number of allylic oxidation sites excluding steroid dienone is 4. The minimum atomic E-state index is -0.159. The Morgan fingerprint density at radius 2 is 1.16 bits per heavy atom. The highest BCUT2D eigenvalue weighted by molar-refractivity contribution is 6.01. The number of fused-ring (bicyclic) bond motifs is 2. The van der Waals surface area contributed by atoms with E-state index < -0.39 is 0 Å². The van der Waals surface area contributed by atoms with Crippen LogP contribution in [-0.2, 0) is 27.1 Å². The molecule has 9 aromatic rings. The van der Waals surface area contributed by atoms with Gasteiger partial charge in [-0.1, -0.05) is 208 Å². The predicted molar refractivity (Wildman–Crippen MR) is 332 cm³/mol. The number of aromatic hydroxyl groups is 1. The Morgan fingerprint density at radius 1 is 0.532 bits per heavy atom. The molecule has 0 fully saturated rings. The minimum absolute atomic E-state index is 0.00557. The standard InChI is InChI=1S/C73H79N3O/c1-19-22-46(20-2)57-30-27-53(70(7,8)9)44-61(57)50-36-49(37-51(38-50)63-35-45(3)33-34-74-63)59-23-21-24-64-67(59)75-68(76(64)56-42-54(71(10,11)12)41-55(43-56)72(13,14)15)60-29-25-48(40-65(60)77)66-58-31-28-52(69(4,5)6)39-47(58)26-32-62(66)73(16,17)18/h19-44,77H,1-2H2,3-18H3/b46-22+. The van der Waals surface area contributed by atoms with E-state index >= 15 is 0 Å². The minimum Gasteiger partial charge on any atom is -0.507 e. The van der Waals surface area contributed by atoms with Gasteiger partial charge in [0.2, 0.25) is 0 Å². The number of phenolic OH excluding ortho intramolecular Hbond substituents is 1. The second-order valence-electron chi connectivity index (χ2n) is 26.5. The zero-order valence-corrected chi connectivity index (χ0v) is 48.7. The molecule has 4 nitrogen and oxygen atoms in total. The van der Waals surface area contributed by atoms with E-state index in [-0.39, 0.29) is 32.8 Å². The van der Waals surface area contributed by atoms with Crippen molar-refractivity contribution in [3.63, 3.8) is 0 Å². The zero-order chi connectivity index (χ0) is 55.7. The van der Waals surface area contributed by atoms with Gasteiger partial charge in [0.25, 0.3) is 0 Å². The Kier molecular flexibility index (Phi) is 13.9. The van der Waals surface area contributed by atoms with Crippen molar-refractivity contribution < 1.29 is 5.11 Å². The summed E-state index contributed by atoms with van der Waals surface area (Å²) in [4.78, 5) is 10.7. The van der Waals surface area contributed by atoms with Crippen LogP contribution in [0, 0.1) is 6.92 Å². The van der Waals surface area contributed by atoms with E-state index in [9.17, 15) is 5.11 Å². The monoisotopic (exact) mass is 1010 g/mol. The molecule has 0 aliphatic rings. The van der Waals surface area contributed by atoms with Crippen LogP contribution in [0.4, 0.5) is 0 Å². The van der Waals surface area contributed by atoms with Gasteiger partial charge < -0.3 is 5.11 Å². The molecule has 77 heavy (non-hydrogen) atoms. The van der Waals surface area contributed by atoms with Crippen molar-refractivity contribution in [2.75, 3.05) is 0 Å². The van der Waals surface area contributed by atoms with Crippen LogP contribution in [0.1, 0.15) is 143 Å². The third-order valence-electron chi connectivity index (χ3n) is 15.3. The van der Waals surface area contributed by atoms with Crippen LogP contribution in [0.3, 0.4) is 0 Å². The summed E-state index contributed by atoms with van der Waals surface area (Å²) in [7, 11) is 0. The first-order chi connectivity index (χ1) is 36.0. The highest BCUT2D eigenvalue weighted by Crippen LogP contribution is 2.46. The number of benzene rings is 7. The molecule has 0 aliphatic carbocycles. The summed E-state index contributed by atoms with van der Waals surface area (Å²) >= 11 is 0. The summed E-state index contributed by atoms with van der Waals surface area (Å²) in [5.74, 6) is 0.826. The van der Waals surface area contributed by atoms with E-state index in [4.69, 9.17) is 9.97 Å². The molecule has 1 N–H and O–H groups in total. The molecule has 0 atom stereocenters. The number of pyridine rings is 1. The van der Waals surface area contributed by atoms with Crippen LogP contribution >= 0.6 is 0 Å². The third-order valence-corrected chi connectivity index (χ3v) is 15.3. The first-order valence-electron chi connectivity index (χ1n) is 27.3. The molecule has 0 radical (unpaired) electrons. The quantitative estimate of drug-likeness (QED) is 0.147. The van der Waals surface area contributed by atoms with E-state index in [1.165, 1.54) is 38.6 Å². The topological polar surface area (TPSA) is 50.9 Å². The molecule has 0 saturated heterocycles. The Hall–Kier alpha value is -7.56. The fourth-order valence-corrected chi connectivity index (χ4v) is 10.7. The van der Waals surface area contributed by atoms with Gasteiger partial charge in [-0.2, -0.15) is 0 Å². The summed E-state index contributed by atoms with van der Waals surface area (Å²) in [6, 6.07) is 48.9. The lowest BCUT2D eigenvalue weighted by Crippen LogP contribution is -2.17. The molecule has 0 aliphatic heterocycles. The SMILES string of the molecule is C=C/C=C(\C=C)c1ccc(C(C)(C)C)cc1-c1cc(-c2cc(C)ccn2)cc(-c2cccc3c2nc(-c2ccc(-c4c(C(C)(C)C)ccc5cc(C(C)(C)C)ccc45)cc2O)n3-c2cc(C(C)(C)C)cc(C(C)(C)C)c2)c1. The molecule has 0 bridgehead atoms. The van der Waals surface area contributed by atoms with E-state index in [0.29, 0.717) is 11.4 Å². The highest BCUT2D eigenvalue weighted by Gasteiger charge is 2.28. The molecule has 0 saturated carbocycles. The van der Waals surface area contributed by atoms with Crippen molar-refractivity contribution in [1.29, 1.82) is 0 Å². The maximum atomic E-state index is 12.8. The molecular formula is C73H79N3O. The molecular weight excluding hydrogens is 935 g/mol. The number of imidazole rings is 1. The fraction of sp³-hybridized carbons (Fsp3) is 0.288. The van der Waals surface area contributed by atoms with Gasteiger partial charge in [-0.25, -0.2) is 4.98 Å². The number of para-hydroxylation sites is 1. The molecule has 2 aromatic heterocycles. The lowest BCUT2D eigenvalue weighted by Gasteiger charge is -2.27. The van der Waals surface area contributed by atoms with Gasteiger partial charge in [0.1, 0.15) is 11.6 Å². The number of aromatic nitrogens is 3. The number of aryl methyl sites for hydroxylation is 1. The smallest absolute Gasteiger partial charge is 0.149 e. The van der Waals surface area contributed by atoms with Crippen LogP contribution < -0.4 is 0 Å². The normalized spacial score (nSPS) is 12.9. The number of hydrogen-bond donors (Lipinski definition) is 1. The van der Waals surface area contributed by atoms with Gasteiger partial charge in [-0.05, 0) is 178 Å². The van der Waals surface area contributed by atoms with Crippen molar-refractivity contribution in [2.45, 2.75) is 138 Å². The third kappa shape index (κ3) is 10.8. The second-order valence-corrected chi connectivity index (χ2v) is 26.5. The lowest BCUT2D eigenvalue weighted by atomic mass is 9.78. The molecule has 392 valence electrons. The number of rotatable bonds is 9. The summed E-state index contributed by atoms with van der Waals surface area (Å²) in [6.45, 7) is 44.4. The lowest BCUT2D eigenvalue weighted by molar-refractivity contribution is 0.477. The van der Waals surface area contributed by atoms with Crippen LogP contribution in [0.2, 0.25) is 0 Å². The maximum absolute atomic E-state index is 12.8. The molecule has 0 spiro atoms. The van der Waals surface area contributed by atoms with Crippen LogP contribution in [0.15, 0.2) is 171 Å². The summed E-state index contributed by atoms with van der Waals surface area (Å²) in [5.41, 5.74) is 20.3. The number of phenols is 1. The van der Waals surface area contributed by atoms with Crippen LogP contribution in [0.25, 0.3) is 89.1 Å². The molecule has 9 rings (SSSR count). The van der Waals surface area contributed by atoms with Crippen molar-refractivity contribution in [3.8, 4) is 67.5 Å². The first kappa shape index (κ1) is 54.2. The predicted octanol–water partition coefficient (Wildman–Crippen LogP) is 20.2. The van der Waals surface area contributed by atoms with Gasteiger partial charge in [-0.3, -0.25) is 9.55 Å². The Morgan fingerprint density at radius 3 is 1.75 bits per heavy atom. The average molecular weight is 1010 g/mol. The van der Waals surface area contributed by atoms with Crippen molar-refractivity contribution in [3.05, 3.63) is 210 Å². The fourth-order valence-electron chi connectivity index (χ4n) is 10.7. The summed E-state index contributed by atoms with van der Waals surface area (Å²) in [5, 5.41) is 15.1. The van der Waals surface area contributed by atoms with E-state index in [2.05, 4.69) is 250 Å². The van der Waals surface area contributed by atoms with Gasteiger partial charge in [0, 0.05) is 23.0 Å². The maximum Gasteiger partial charge on any atom is 0.149 e. The van der Waals surface area contributed by atoms with E-state index in [0.717, 1.165) is 78.1 Å². The molecule has 0 unspecified atom stereocenters. The van der Waals surface area contributed by atoms with Crippen LogP contribution in [0.5, 0.6) is 5.75 Å². The van der Waals surface area contributed by atoms with E-state index in [1.807, 2.05) is 36.6 Å². The van der Waals surface area contributed by atoms with Gasteiger partial charge in [0.15, 0.2) is 0 Å². The highest BCUT2D eigenvalue weighted by atomic mass is 16.3. The number of hydrogen-bond acceptors (Lipinski definition) is 3. The Balaban J connectivity index is 1.36. The number of nitrogens with zero attached hydrogens (tertiary/aromatic N) is 3. The molecule has 7 aromatic carbocycles. The Labute approximate surface area is 460 Å². The zero-order valence-electron chi connectivity index (χ0n) is 48.7. The van der Waals surface area contributed by atoms with Gasteiger partial charge in [0.05, 0.1) is 22.3 Å². The molecule has 2 heterocycles. The van der Waals surface area contributed by atoms with Crippen molar-refractivity contribution in [2.24, 2.45) is 0 Å². The van der Waals surface area contributed by atoms with Gasteiger partial charge in [-0.15, -0.1) is 0 Å². The largest absolute Gasteiger partial charge is 0.507 e. The van der Waals surface area contributed by atoms with E-state index in [1.54, 1.807) is 0 Å².